The number of rotatable bonds is 2. The number of halogens is 4. The van der Waals surface area contributed by atoms with Crippen molar-refractivity contribution in [3.05, 3.63) is 55.5 Å². The molecule has 0 aliphatic carbocycles. The minimum atomic E-state index is -0.905. The Hall–Kier alpha value is -0.800. The largest absolute Gasteiger partial charge is 0.508 e. The van der Waals surface area contributed by atoms with Crippen molar-refractivity contribution in [3.8, 4) is 11.5 Å². The molecule has 2 aromatic rings. The maximum atomic E-state index is 10.2. The standard InChI is InChI=1S/C15H12Cl4O2/c1-15(2,11-9(20)5-3-7(16)13(11)18)12-10(21)6-4-8(17)14(12)19/h3-6,20-21H,1-2H3. The third-order valence-electron chi connectivity index (χ3n) is 3.40. The van der Waals surface area contributed by atoms with E-state index in [1.807, 2.05) is 0 Å². The molecule has 0 heterocycles. The fourth-order valence-electron chi connectivity index (χ4n) is 2.39. The monoisotopic (exact) mass is 364 g/mol. The van der Waals surface area contributed by atoms with Crippen molar-refractivity contribution in [2.24, 2.45) is 0 Å². The molecule has 0 aliphatic rings. The molecule has 2 nitrogen and oxygen atoms in total. The summed E-state index contributed by atoms with van der Waals surface area (Å²) in [6, 6.07) is 5.89. The zero-order valence-electron chi connectivity index (χ0n) is 11.2. The lowest BCUT2D eigenvalue weighted by Crippen LogP contribution is -2.21. The average molecular weight is 366 g/mol. The molecule has 6 heteroatoms. The molecular formula is C15H12Cl4O2. The Morgan fingerprint density at radius 1 is 0.714 bits per heavy atom. The van der Waals surface area contributed by atoms with E-state index < -0.39 is 5.41 Å². The molecule has 0 aromatic heterocycles. The van der Waals surface area contributed by atoms with Crippen LogP contribution in [-0.2, 0) is 5.41 Å². The summed E-state index contributed by atoms with van der Waals surface area (Å²) in [4.78, 5) is 0. The Morgan fingerprint density at radius 2 is 1.05 bits per heavy atom. The van der Waals surface area contributed by atoms with E-state index >= 15 is 0 Å². The van der Waals surface area contributed by atoms with Gasteiger partial charge in [0.2, 0.25) is 0 Å². The number of phenolic OH excluding ortho intramolecular Hbond substituents is 2. The third kappa shape index (κ3) is 2.78. The molecule has 2 rings (SSSR count). The van der Waals surface area contributed by atoms with Crippen LogP contribution in [0.3, 0.4) is 0 Å². The lowest BCUT2D eigenvalue weighted by atomic mass is 9.77. The fraction of sp³-hybridized carbons (Fsp3) is 0.200. The lowest BCUT2D eigenvalue weighted by Gasteiger charge is -2.30. The van der Waals surface area contributed by atoms with Gasteiger partial charge in [0, 0.05) is 16.5 Å². The molecule has 0 atom stereocenters. The summed E-state index contributed by atoms with van der Waals surface area (Å²) in [6.45, 7) is 3.53. The first kappa shape index (κ1) is 16.6. The van der Waals surface area contributed by atoms with Crippen LogP contribution in [0.5, 0.6) is 11.5 Å². The van der Waals surface area contributed by atoms with Gasteiger partial charge in [-0.15, -0.1) is 0 Å². The minimum Gasteiger partial charge on any atom is -0.508 e. The Balaban J connectivity index is 2.80. The quantitative estimate of drug-likeness (QED) is 0.681. The Bertz CT molecular complexity index is 652. The Morgan fingerprint density at radius 3 is 1.38 bits per heavy atom. The molecule has 0 fully saturated rings. The predicted octanol–water partition coefficient (Wildman–Crippen LogP) is 6.04. The van der Waals surface area contributed by atoms with Crippen molar-refractivity contribution in [2.75, 3.05) is 0 Å². The minimum absolute atomic E-state index is 0.0372. The number of hydrogen-bond acceptors (Lipinski definition) is 2. The van der Waals surface area contributed by atoms with E-state index in [1.165, 1.54) is 24.3 Å². The van der Waals surface area contributed by atoms with Crippen LogP contribution < -0.4 is 0 Å². The summed E-state index contributed by atoms with van der Waals surface area (Å²) < 4.78 is 0. The zero-order valence-corrected chi connectivity index (χ0v) is 14.2. The maximum absolute atomic E-state index is 10.2. The van der Waals surface area contributed by atoms with Gasteiger partial charge in [-0.3, -0.25) is 0 Å². The molecule has 0 saturated carbocycles. The highest BCUT2D eigenvalue weighted by atomic mass is 35.5. The Labute approximate surface area is 142 Å². The molecule has 0 radical (unpaired) electrons. The fourth-order valence-corrected chi connectivity index (χ4v) is 3.50. The van der Waals surface area contributed by atoms with Crippen molar-refractivity contribution >= 4 is 46.4 Å². The summed E-state index contributed by atoms with van der Waals surface area (Å²) in [5.41, 5.74) is -0.162. The summed E-state index contributed by atoms with van der Waals surface area (Å²) in [5, 5.41) is 21.3. The highest BCUT2D eigenvalue weighted by Gasteiger charge is 2.34. The lowest BCUT2D eigenvalue weighted by molar-refractivity contribution is 0.436. The van der Waals surface area contributed by atoms with Gasteiger partial charge in [-0.2, -0.15) is 0 Å². The molecule has 0 saturated heterocycles. The molecule has 0 bridgehead atoms. The highest BCUT2D eigenvalue weighted by molar-refractivity contribution is 6.43. The zero-order chi connectivity index (χ0) is 15.9. The topological polar surface area (TPSA) is 40.5 Å². The first-order chi connectivity index (χ1) is 9.67. The van der Waals surface area contributed by atoms with Crippen LogP contribution in [0.15, 0.2) is 24.3 Å². The van der Waals surface area contributed by atoms with E-state index in [2.05, 4.69) is 0 Å². The molecule has 0 spiro atoms. The van der Waals surface area contributed by atoms with Gasteiger partial charge in [-0.25, -0.2) is 0 Å². The second-order valence-electron chi connectivity index (χ2n) is 5.14. The molecule has 0 amide bonds. The van der Waals surface area contributed by atoms with Crippen LogP contribution >= 0.6 is 46.4 Å². The van der Waals surface area contributed by atoms with Gasteiger partial charge < -0.3 is 10.2 Å². The molecule has 0 unspecified atom stereocenters. The summed E-state index contributed by atoms with van der Waals surface area (Å²) in [6.07, 6.45) is 0. The van der Waals surface area contributed by atoms with Crippen molar-refractivity contribution < 1.29 is 10.2 Å². The van der Waals surface area contributed by atoms with Gasteiger partial charge in [-0.1, -0.05) is 60.3 Å². The summed E-state index contributed by atoms with van der Waals surface area (Å²) in [5.74, 6) is -0.0744. The predicted molar refractivity (Wildman–Crippen MR) is 88.4 cm³/mol. The van der Waals surface area contributed by atoms with E-state index in [-0.39, 0.29) is 21.5 Å². The molecule has 112 valence electrons. The van der Waals surface area contributed by atoms with Crippen LogP contribution in [0.1, 0.15) is 25.0 Å². The molecule has 21 heavy (non-hydrogen) atoms. The normalized spacial score (nSPS) is 11.7. The summed E-state index contributed by atoms with van der Waals surface area (Å²) >= 11 is 24.5. The van der Waals surface area contributed by atoms with Gasteiger partial charge >= 0.3 is 0 Å². The van der Waals surface area contributed by atoms with E-state index in [0.29, 0.717) is 21.2 Å². The SMILES string of the molecule is CC(C)(c1c(O)ccc(Cl)c1Cl)c1c(O)ccc(Cl)c1Cl. The van der Waals surface area contributed by atoms with Gasteiger partial charge in [-0.05, 0) is 24.3 Å². The second-order valence-corrected chi connectivity index (χ2v) is 6.71. The maximum Gasteiger partial charge on any atom is 0.121 e. The number of hydrogen-bond donors (Lipinski definition) is 2. The van der Waals surface area contributed by atoms with E-state index in [9.17, 15) is 10.2 Å². The first-order valence-corrected chi connectivity index (χ1v) is 7.54. The number of benzene rings is 2. The van der Waals surface area contributed by atoms with Crippen molar-refractivity contribution in [2.45, 2.75) is 19.3 Å². The van der Waals surface area contributed by atoms with Crippen molar-refractivity contribution in [1.29, 1.82) is 0 Å². The number of phenols is 2. The number of aromatic hydroxyl groups is 2. The Kier molecular flexibility index (Phi) is 4.55. The van der Waals surface area contributed by atoms with Crippen LogP contribution in [0.4, 0.5) is 0 Å². The van der Waals surface area contributed by atoms with Crippen molar-refractivity contribution in [3.63, 3.8) is 0 Å². The molecule has 0 aliphatic heterocycles. The van der Waals surface area contributed by atoms with Gasteiger partial charge in [0.05, 0.1) is 20.1 Å². The van der Waals surface area contributed by atoms with Gasteiger partial charge in [0.15, 0.2) is 0 Å². The van der Waals surface area contributed by atoms with Crippen LogP contribution in [0.25, 0.3) is 0 Å². The van der Waals surface area contributed by atoms with E-state index in [4.69, 9.17) is 46.4 Å². The molecule has 2 N–H and O–H groups in total. The molecule has 2 aromatic carbocycles. The average Bonchev–Trinajstić information content (AvgIpc) is 2.39. The second kappa shape index (κ2) is 5.77. The molecular weight excluding hydrogens is 354 g/mol. The van der Waals surface area contributed by atoms with E-state index in [1.54, 1.807) is 13.8 Å². The van der Waals surface area contributed by atoms with E-state index in [0.717, 1.165) is 0 Å². The van der Waals surface area contributed by atoms with Gasteiger partial charge in [0.1, 0.15) is 11.5 Å². The third-order valence-corrected chi connectivity index (χ3v) is 5.00. The van der Waals surface area contributed by atoms with Crippen molar-refractivity contribution in [1.82, 2.24) is 0 Å². The van der Waals surface area contributed by atoms with Gasteiger partial charge in [0.25, 0.3) is 0 Å². The van der Waals surface area contributed by atoms with Crippen LogP contribution in [0, 0.1) is 0 Å². The smallest absolute Gasteiger partial charge is 0.121 e. The summed E-state index contributed by atoms with van der Waals surface area (Å²) in [7, 11) is 0. The van der Waals surface area contributed by atoms with Crippen LogP contribution in [0.2, 0.25) is 20.1 Å². The van der Waals surface area contributed by atoms with Crippen LogP contribution in [-0.4, -0.2) is 10.2 Å². The highest BCUT2D eigenvalue weighted by Crippen LogP contribution is 2.49. The first-order valence-electron chi connectivity index (χ1n) is 6.02.